The number of fused-ring (bicyclic) bond motifs is 1. The first-order valence-electron chi connectivity index (χ1n) is 6.68. The van der Waals surface area contributed by atoms with E-state index in [4.69, 9.17) is 4.42 Å². The molecule has 1 aliphatic carbocycles. The molecule has 0 radical (unpaired) electrons. The molecule has 1 heterocycles. The molecule has 0 unspecified atom stereocenters. The van der Waals surface area contributed by atoms with Crippen LogP contribution in [0.1, 0.15) is 53.1 Å². The molecule has 0 saturated carbocycles. The molecule has 2 rings (SSSR count). The quantitative estimate of drug-likeness (QED) is 0.795. The van der Waals surface area contributed by atoms with Gasteiger partial charge in [0.05, 0.1) is 5.56 Å². The fourth-order valence-electron chi connectivity index (χ4n) is 2.52. The highest BCUT2D eigenvalue weighted by atomic mass is 16.4. The van der Waals surface area contributed by atoms with Crippen molar-refractivity contribution in [2.75, 3.05) is 6.54 Å². The van der Waals surface area contributed by atoms with Crippen LogP contribution in [0.5, 0.6) is 0 Å². The van der Waals surface area contributed by atoms with E-state index in [1.807, 2.05) is 0 Å². The first kappa shape index (κ1) is 13.6. The molecule has 1 amide bonds. The number of carboxylic acids is 1. The Balaban J connectivity index is 1.99. The highest BCUT2D eigenvalue weighted by Crippen LogP contribution is 2.29. The van der Waals surface area contributed by atoms with E-state index in [9.17, 15) is 14.7 Å². The number of aryl methyl sites for hydroxylation is 2. The Bertz CT molecular complexity index is 490. The fourth-order valence-corrected chi connectivity index (χ4v) is 2.52. The minimum atomic E-state index is -1.09. The van der Waals surface area contributed by atoms with Gasteiger partial charge in [-0.1, -0.05) is 0 Å². The number of rotatable bonds is 5. The molecule has 0 bridgehead atoms. The number of amides is 1. The third-order valence-electron chi connectivity index (χ3n) is 3.42. The maximum atomic E-state index is 12.1. The van der Waals surface area contributed by atoms with Gasteiger partial charge in [0.2, 0.25) is 0 Å². The van der Waals surface area contributed by atoms with Gasteiger partial charge in [0.25, 0.3) is 5.91 Å². The van der Waals surface area contributed by atoms with Crippen LogP contribution >= 0.6 is 0 Å². The van der Waals surface area contributed by atoms with E-state index in [1.54, 1.807) is 6.92 Å². The first-order chi connectivity index (χ1) is 9.09. The molecule has 0 aromatic carbocycles. The molecule has 0 fully saturated rings. The molecular formula is C14H18NO4-. The van der Waals surface area contributed by atoms with Gasteiger partial charge in [-0.2, -0.15) is 0 Å². The van der Waals surface area contributed by atoms with Crippen molar-refractivity contribution in [3.63, 3.8) is 0 Å². The average molecular weight is 264 g/mol. The maximum Gasteiger partial charge on any atom is 0.255 e. The zero-order valence-corrected chi connectivity index (χ0v) is 11.1. The number of furan rings is 1. The van der Waals surface area contributed by atoms with Crippen LogP contribution in [-0.2, 0) is 17.6 Å². The number of hydrogen-bond acceptors (Lipinski definition) is 4. The van der Waals surface area contributed by atoms with E-state index in [2.05, 4.69) is 5.32 Å². The number of carboxylic acid groups (broad SMARTS) is 1. The van der Waals surface area contributed by atoms with Crippen LogP contribution in [0.25, 0.3) is 0 Å². The minimum absolute atomic E-state index is 0.0389. The molecule has 1 aromatic heterocycles. The summed E-state index contributed by atoms with van der Waals surface area (Å²) in [5.74, 6) is 0.335. The van der Waals surface area contributed by atoms with Gasteiger partial charge in [0.15, 0.2) is 0 Å². The van der Waals surface area contributed by atoms with Gasteiger partial charge in [-0.3, -0.25) is 4.79 Å². The summed E-state index contributed by atoms with van der Waals surface area (Å²) in [4.78, 5) is 22.4. The Morgan fingerprint density at radius 1 is 1.32 bits per heavy atom. The van der Waals surface area contributed by atoms with E-state index in [0.717, 1.165) is 37.0 Å². The Morgan fingerprint density at radius 3 is 2.79 bits per heavy atom. The third-order valence-corrected chi connectivity index (χ3v) is 3.42. The third kappa shape index (κ3) is 3.16. The molecule has 1 aromatic rings. The topological polar surface area (TPSA) is 82.4 Å². The molecule has 0 spiro atoms. The monoisotopic (exact) mass is 264 g/mol. The van der Waals surface area contributed by atoms with Crippen molar-refractivity contribution >= 4 is 11.9 Å². The van der Waals surface area contributed by atoms with E-state index in [0.29, 0.717) is 24.3 Å². The van der Waals surface area contributed by atoms with Crippen LogP contribution in [0, 0.1) is 6.92 Å². The normalized spacial score (nSPS) is 13.9. The van der Waals surface area contributed by atoms with Crippen molar-refractivity contribution in [1.82, 2.24) is 5.32 Å². The van der Waals surface area contributed by atoms with Crippen LogP contribution in [-0.4, -0.2) is 18.4 Å². The Labute approximate surface area is 112 Å². The van der Waals surface area contributed by atoms with Gasteiger partial charge >= 0.3 is 0 Å². The van der Waals surface area contributed by atoms with Crippen LogP contribution in [0.15, 0.2) is 4.42 Å². The number of nitrogens with one attached hydrogen (secondary N) is 1. The summed E-state index contributed by atoms with van der Waals surface area (Å²) in [5, 5.41) is 13.0. The van der Waals surface area contributed by atoms with Gasteiger partial charge in [-0.05, 0) is 39.0 Å². The summed E-state index contributed by atoms with van der Waals surface area (Å²) < 4.78 is 5.64. The van der Waals surface area contributed by atoms with E-state index >= 15 is 0 Å². The Hall–Kier alpha value is -1.78. The summed E-state index contributed by atoms with van der Waals surface area (Å²) in [6, 6.07) is 0. The van der Waals surface area contributed by atoms with E-state index in [-0.39, 0.29) is 12.3 Å². The molecule has 1 N–H and O–H groups in total. The smallest absolute Gasteiger partial charge is 0.255 e. The van der Waals surface area contributed by atoms with Crippen LogP contribution in [0.3, 0.4) is 0 Å². The molecule has 104 valence electrons. The summed E-state index contributed by atoms with van der Waals surface area (Å²) in [6.07, 6.45) is 4.31. The largest absolute Gasteiger partial charge is 0.550 e. The van der Waals surface area contributed by atoms with Crippen molar-refractivity contribution in [1.29, 1.82) is 0 Å². The zero-order chi connectivity index (χ0) is 13.8. The van der Waals surface area contributed by atoms with Crippen molar-refractivity contribution in [2.24, 2.45) is 0 Å². The number of carbonyl (C=O) groups is 2. The van der Waals surface area contributed by atoms with Gasteiger partial charge in [0.1, 0.15) is 11.5 Å². The van der Waals surface area contributed by atoms with Crippen LogP contribution in [0.4, 0.5) is 0 Å². The molecule has 0 saturated heterocycles. The highest BCUT2D eigenvalue weighted by molar-refractivity contribution is 5.97. The lowest BCUT2D eigenvalue weighted by molar-refractivity contribution is -0.305. The first-order valence-corrected chi connectivity index (χ1v) is 6.68. The molecule has 5 heteroatoms. The molecule has 0 aliphatic heterocycles. The van der Waals surface area contributed by atoms with Crippen molar-refractivity contribution in [3.05, 3.63) is 22.6 Å². The fraction of sp³-hybridized carbons (Fsp3) is 0.571. The average Bonchev–Trinajstić information content (AvgIpc) is 2.70. The summed E-state index contributed by atoms with van der Waals surface area (Å²) in [6.45, 7) is 2.14. The lowest BCUT2D eigenvalue weighted by Gasteiger charge is -2.11. The predicted octanol–water partition coefficient (Wildman–Crippen LogP) is 0.727. The van der Waals surface area contributed by atoms with Crippen molar-refractivity contribution < 1.29 is 19.1 Å². The molecule has 19 heavy (non-hydrogen) atoms. The Morgan fingerprint density at radius 2 is 2.05 bits per heavy atom. The standard InChI is InChI=1S/C14H19NO4/c1-9-13(10-5-2-3-6-11(10)19-9)14(18)15-8-4-7-12(16)17/h2-8H2,1H3,(H,15,18)(H,16,17)/p-1. The lowest BCUT2D eigenvalue weighted by Crippen LogP contribution is -2.28. The van der Waals surface area contributed by atoms with E-state index in [1.165, 1.54) is 0 Å². The molecule has 1 aliphatic rings. The molecule has 0 atom stereocenters. The second-order valence-electron chi connectivity index (χ2n) is 4.87. The predicted molar refractivity (Wildman–Crippen MR) is 66.7 cm³/mol. The van der Waals surface area contributed by atoms with Crippen LogP contribution < -0.4 is 10.4 Å². The summed E-state index contributed by atoms with van der Waals surface area (Å²) >= 11 is 0. The number of hydrogen-bond donors (Lipinski definition) is 1. The summed E-state index contributed by atoms with van der Waals surface area (Å²) in [5.41, 5.74) is 1.67. The maximum absolute atomic E-state index is 12.1. The van der Waals surface area contributed by atoms with Gasteiger partial charge in [0, 0.05) is 24.5 Å². The van der Waals surface area contributed by atoms with Crippen molar-refractivity contribution in [2.45, 2.75) is 45.4 Å². The zero-order valence-electron chi connectivity index (χ0n) is 11.1. The molecule has 5 nitrogen and oxygen atoms in total. The van der Waals surface area contributed by atoms with Gasteiger partial charge < -0.3 is 19.6 Å². The Kier molecular flexibility index (Phi) is 4.24. The molecular weight excluding hydrogens is 246 g/mol. The number of aliphatic carboxylic acids is 1. The number of carbonyl (C=O) groups excluding carboxylic acids is 2. The lowest BCUT2D eigenvalue weighted by atomic mass is 9.94. The van der Waals surface area contributed by atoms with Gasteiger partial charge in [-0.15, -0.1) is 0 Å². The second kappa shape index (κ2) is 5.91. The highest BCUT2D eigenvalue weighted by Gasteiger charge is 2.24. The van der Waals surface area contributed by atoms with Crippen molar-refractivity contribution in [3.8, 4) is 0 Å². The van der Waals surface area contributed by atoms with E-state index < -0.39 is 5.97 Å². The SMILES string of the molecule is Cc1oc2c(c1C(=O)NCCCC(=O)[O-])CCCC2. The second-order valence-corrected chi connectivity index (χ2v) is 4.87. The van der Waals surface area contributed by atoms with Gasteiger partial charge in [-0.25, -0.2) is 0 Å². The minimum Gasteiger partial charge on any atom is -0.550 e. The van der Waals surface area contributed by atoms with Crippen LogP contribution in [0.2, 0.25) is 0 Å². The summed E-state index contributed by atoms with van der Waals surface area (Å²) in [7, 11) is 0.